The van der Waals surface area contributed by atoms with E-state index in [1.54, 1.807) is 24.5 Å². The average Bonchev–Trinajstić information content (AvgIpc) is 3.08. The third kappa shape index (κ3) is 3.55. The van der Waals surface area contributed by atoms with Crippen molar-refractivity contribution in [2.75, 3.05) is 24.5 Å². The lowest BCUT2D eigenvalue weighted by Gasteiger charge is -2.32. The lowest BCUT2D eigenvalue weighted by atomic mass is 9.98. The summed E-state index contributed by atoms with van der Waals surface area (Å²) in [6.07, 6.45) is 5.67. The van der Waals surface area contributed by atoms with Crippen LogP contribution in [0.15, 0.2) is 30.6 Å². The molecule has 21 heavy (non-hydrogen) atoms. The molecule has 1 amide bonds. The summed E-state index contributed by atoms with van der Waals surface area (Å²) in [5.74, 6) is 1.27. The highest BCUT2D eigenvalue weighted by Crippen LogP contribution is 2.21. The van der Waals surface area contributed by atoms with Crippen LogP contribution in [0.5, 0.6) is 0 Å². The Labute approximate surface area is 127 Å². The minimum atomic E-state index is -0.108. The highest BCUT2D eigenvalue weighted by molar-refractivity contribution is 6.99. The van der Waals surface area contributed by atoms with Crippen LogP contribution in [0.2, 0.25) is 0 Å². The number of carbonyl (C=O) groups is 1. The van der Waals surface area contributed by atoms with Crippen molar-refractivity contribution < 1.29 is 4.79 Å². The first kappa shape index (κ1) is 13.9. The van der Waals surface area contributed by atoms with Crippen LogP contribution < -0.4 is 10.2 Å². The number of carbonyl (C=O) groups excluding carboxylic acids is 1. The molecule has 0 aromatic carbocycles. The number of anilines is 1. The Morgan fingerprint density at radius 2 is 2.43 bits per heavy atom. The Hall–Kier alpha value is -2.02. The monoisotopic (exact) mass is 303 g/mol. The van der Waals surface area contributed by atoms with Gasteiger partial charge < -0.3 is 10.2 Å². The molecule has 3 heterocycles. The van der Waals surface area contributed by atoms with Gasteiger partial charge >= 0.3 is 0 Å². The summed E-state index contributed by atoms with van der Waals surface area (Å²) >= 11 is 1.23. The van der Waals surface area contributed by atoms with Crippen LogP contribution in [0, 0.1) is 5.92 Å². The quantitative estimate of drug-likeness (QED) is 0.928. The Balaban J connectivity index is 1.52. The Kier molecular flexibility index (Phi) is 4.40. The van der Waals surface area contributed by atoms with Gasteiger partial charge in [0.15, 0.2) is 5.82 Å². The predicted octanol–water partition coefficient (Wildman–Crippen LogP) is 1.58. The largest absolute Gasteiger partial charge is 0.354 e. The molecule has 1 saturated heterocycles. The van der Waals surface area contributed by atoms with Crippen molar-refractivity contribution in [3.05, 3.63) is 36.3 Å². The first-order valence-electron chi connectivity index (χ1n) is 7.04. The summed E-state index contributed by atoms with van der Waals surface area (Å²) in [6, 6.07) is 5.35. The molecule has 1 fully saturated rings. The first-order valence-corrected chi connectivity index (χ1v) is 7.77. The molecular weight excluding hydrogens is 286 g/mol. The number of hydrogen-bond acceptors (Lipinski definition) is 6. The SMILES string of the molecule is O=C(NCC1CCCN(c2cnsn2)C1)c1ccccn1. The van der Waals surface area contributed by atoms with Gasteiger partial charge in [-0.2, -0.15) is 8.75 Å². The summed E-state index contributed by atoms with van der Waals surface area (Å²) in [6.45, 7) is 2.59. The maximum Gasteiger partial charge on any atom is 0.269 e. The highest BCUT2D eigenvalue weighted by Gasteiger charge is 2.22. The van der Waals surface area contributed by atoms with E-state index in [2.05, 4.69) is 23.9 Å². The van der Waals surface area contributed by atoms with Crippen molar-refractivity contribution in [1.29, 1.82) is 0 Å². The number of aromatic nitrogens is 3. The van der Waals surface area contributed by atoms with Gasteiger partial charge in [0.25, 0.3) is 5.91 Å². The van der Waals surface area contributed by atoms with Crippen molar-refractivity contribution in [1.82, 2.24) is 19.0 Å². The Morgan fingerprint density at radius 3 is 3.19 bits per heavy atom. The van der Waals surface area contributed by atoms with Gasteiger partial charge in [-0.3, -0.25) is 9.78 Å². The molecular formula is C14H17N5OS. The van der Waals surface area contributed by atoms with Crippen LogP contribution in [-0.2, 0) is 0 Å². The van der Waals surface area contributed by atoms with Crippen molar-refractivity contribution in [3.8, 4) is 0 Å². The molecule has 1 aliphatic heterocycles. The molecule has 6 nitrogen and oxygen atoms in total. The zero-order valence-corrected chi connectivity index (χ0v) is 12.4. The summed E-state index contributed by atoms with van der Waals surface area (Å²) < 4.78 is 8.32. The topological polar surface area (TPSA) is 71.0 Å². The minimum Gasteiger partial charge on any atom is -0.354 e. The van der Waals surface area contributed by atoms with Crippen LogP contribution in [0.25, 0.3) is 0 Å². The normalized spacial score (nSPS) is 18.5. The number of rotatable bonds is 4. The van der Waals surface area contributed by atoms with Gasteiger partial charge in [-0.1, -0.05) is 6.07 Å². The summed E-state index contributed by atoms with van der Waals surface area (Å²) in [5.41, 5.74) is 0.467. The second-order valence-electron chi connectivity index (χ2n) is 5.14. The molecule has 1 unspecified atom stereocenters. The lowest BCUT2D eigenvalue weighted by Crippen LogP contribution is -2.41. The van der Waals surface area contributed by atoms with Crippen molar-refractivity contribution in [3.63, 3.8) is 0 Å². The van der Waals surface area contributed by atoms with Crippen LogP contribution in [0.1, 0.15) is 23.3 Å². The number of nitrogens with zero attached hydrogens (tertiary/aromatic N) is 4. The third-order valence-electron chi connectivity index (χ3n) is 3.64. The second kappa shape index (κ2) is 6.62. The standard InChI is InChI=1S/C14H17N5OS/c20-14(12-5-1-2-6-15-12)16-8-11-4-3-7-19(10-11)13-9-17-21-18-13/h1-2,5-6,9,11H,3-4,7-8,10H2,(H,16,20). The van der Waals surface area contributed by atoms with E-state index in [1.807, 2.05) is 6.07 Å². The second-order valence-corrected chi connectivity index (χ2v) is 5.70. The van der Waals surface area contributed by atoms with Gasteiger partial charge in [0.2, 0.25) is 0 Å². The number of hydrogen-bond donors (Lipinski definition) is 1. The molecule has 0 saturated carbocycles. The predicted molar refractivity (Wildman–Crippen MR) is 81.4 cm³/mol. The zero-order valence-electron chi connectivity index (χ0n) is 11.6. The Morgan fingerprint density at radius 1 is 1.48 bits per heavy atom. The molecule has 7 heteroatoms. The average molecular weight is 303 g/mol. The minimum absolute atomic E-state index is 0.108. The van der Waals surface area contributed by atoms with Gasteiger partial charge in [0, 0.05) is 25.8 Å². The fourth-order valence-electron chi connectivity index (χ4n) is 2.56. The molecule has 2 aromatic rings. The maximum atomic E-state index is 12.0. The summed E-state index contributed by atoms with van der Waals surface area (Å²) in [5, 5.41) is 2.97. The van der Waals surface area contributed by atoms with E-state index in [0.29, 0.717) is 18.2 Å². The number of piperidine rings is 1. The number of pyridine rings is 1. The number of amides is 1. The van der Waals surface area contributed by atoms with E-state index in [0.717, 1.165) is 31.7 Å². The Bertz CT molecular complexity index is 574. The van der Waals surface area contributed by atoms with E-state index in [1.165, 1.54) is 11.7 Å². The molecule has 3 rings (SSSR count). The lowest BCUT2D eigenvalue weighted by molar-refractivity contribution is 0.0940. The van der Waals surface area contributed by atoms with Gasteiger partial charge in [-0.05, 0) is 30.9 Å². The summed E-state index contributed by atoms with van der Waals surface area (Å²) in [4.78, 5) is 18.3. The van der Waals surface area contributed by atoms with Crippen LogP contribution in [-0.4, -0.2) is 39.3 Å². The van der Waals surface area contributed by atoms with E-state index < -0.39 is 0 Å². The van der Waals surface area contributed by atoms with Gasteiger partial charge in [0.05, 0.1) is 17.9 Å². The molecule has 0 spiro atoms. The molecule has 0 radical (unpaired) electrons. The first-order chi connectivity index (χ1) is 10.3. The van der Waals surface area contributed by atoms with E-state index in [9.17, 15) is 4.79 Å². The van der Waals surface area contributed by atoms with E-state index in [-0.39, 0.29) is 5.91 Å². The smallest absolute Gasteiger partial charge is 0.269 e. The van der Waals surface area contributed by atoms with E-state index in [4.69, 9.17) is 0 Å². The van der Waals surface area contributed by atoms with Crippen LogP contribution >= 0.6 is 11.7 Å². The third-order valence-corrected chi connectivity index (χ3v) is 4.11. The highest BCUT2D eigenvalue weighted by atomic mass is 32.1. The van der Waals surface area contributed by atoms with Crippen molar-refractivity contribution in [2.45, 2.75) is 12.8 Å². The molecule has 110 valence electrons. The van der Waals surface area contributed by atoms with Gasteiger partial charge in [0.1, 0.15) is 5.69 Å². The summed E-state index contributed by atoms with van der Waals surface area (Å²) in [7, 11) is 0. The van der Waals surface area contributed by atoms with Crippen molar-refractivity contribution >= 4 is 23.5 Å². The van der Waals surface area contributed by atoms with Crippen molar-refractivity contribution in [2.24, 2.45) is 5.92 Å². The zero-order chi connectivity index (χ0) is 14.5. The molecule has 1 aliphatic rings. The van der Waals surface area contributed by atoms with Crippen LogP contribution in [0.4, 0.5) is 5.82 Å². The fourth-order valence-corrected chi connectivity index (χ4v) is 3.00. The molecule has 0 bridgehead atoms. The molecule has 2 aromatic heterocycles. The van der Waals surface area contributed by atoms with Crippen LogP contribution in [0.3, 0.4) is 0 Å². The van der Waals surface area contributed by atoms with Gasteiger partial charge in [-0.15, -0.1) is 0 Å². The molecule has 0 aliphatic carbocycles. The fraction of sp³-hybridized carbons (Fsp3) is 0.429. The number of nitrogens with one attached hydrogen (secondary N) is 1. The molecule has 1 atom stereocenters. The maximum absolute atomic E-state index is 12.0. The van der Waals surface area contributed by atoms with Gasteiger partial charge in [-0.25, -0.2) is 0 Å². The molecule has 1 N–H and O–H groups in total. The van der Waals surface area contributed by atoms with E-state index >= 15 is 0 Å².